The van der Waals surface area contributed by atoms with Crippen LogP contribution in [-0.4, -0.2) is 34.2 Å². The average Bonchev–Trinajstić information content (AvgIpc) is 2.53. The van der Waals surface area contributed by atoms with Crippen molar-refractivity contribution in [1.82, 2.24) is 9.80 Å². The van der Waals surface area contributed by atoms with Gasteiger partial charge in [-0.25, -0.2) is 0 Å². The molecule has 0 radical (unpaired) electrons. The largest absolute Gasteiger partial charge is 0.324 e. The fraction of sp³-hybridized carbons (Fsp3) is 0.278. The maximum atomic E-state index is 12.4. The molecule has 114 valence electrons. The van der Waals surface area contributed by atoms with Crippen molar-refractivity contribution in [3.05, 3.63) is 71.8 Å². The maximum absolute atomic E-state index is 12.4. The number of carbonyl (C=O) groups excluding carboxylic acids is 1. The van der Waals surface area contributed by atoms with E-state index in [9.17, 15) is 4.79 Å². The molecule has 1 aliphatic heterocycles. The zero-order valence-electron chi connectivity index (χ0n) is 12.4. The number of piperazine rings is 1. The zero-order valence-corrected chi connectivity index (χ0v) is 13.3. The van der Waals surface area contributed by atoms with Gasteiger partial charge in [0.2, 0.25) is 5.91 Å². The summed E-state index contributed by atoms with van der Waals surface area (Å²) in [6.07, 6.45) is 0. The Hall–Kier alpha value is -1.78. The number of carbonyl (C=O) groups is 1. The Bertz CT molecular complexity index is 617. The number of hydrogen-bond acceptors (Lipinski definition) is 3. The first-order chi connectivity index (χ1) is 10.7. The maximum Gasteiger partial charge on any atom is 0.237 e. The lowest BCUT2D eigenvalue weighted by molar-refractivity contribution is -0.138. The second kappa shape index (κ2) is 6.99. The molecular formula is C18H20N2OS. The molecule has 0 aliphatic carbocycles. The van der Waals surface area contributed by atoms with Gasteiger partial charge in [0, 0.05) is 19.6 Å². The quantitative estimate of drug-likeness (QED) is 0.878. The third-order valence-electron chi connectivity index (χ3n) is 3.91. The predicted octanol–water partition coefficient (Wildman–Crippen LogP) is 2.79. The van der Waals surface area contributed by atoms with E-state index in [0.717, 1.165) is 18.7 Å². The minimum atomic E-state index is -0.0647. The third-order valence-corrected chi connectivity index (χ3v) is 4.35. The lowest BCUT2D eigenvalue weighted by Crippen LogP contribution is -2.53. The Morgan fingerprint density at radius 3 is 2.00 bits per heavy atom. The van der Waals surface area contributed by atoms with Gasteiger partial charge in [-0.2, -0.15) is 12.6 Å². The number of thiol groups is 1. The Morgan fingerprint density at radius 1 is 0.909 bits per heavy atom. The lowest BCUT2D eigenvalue weighted by atomic mass is 10.1. The van der Waals surface area contributed by atoms with E-state index < -0.39 is 0 Å². The molecule has 0 spiro atoms. The van der Waals surface area contributed by atoms with Crippen molar-refractivity contribution in [3.63, 3.8) is 0 Å². The van der Waals surface area contributed by atoms with Crippen LogP contribution in [0.4, 0.5) is 0 Å². The van der Waals surface area contributed by atoms with Crippen LogP contribution >= 0.6 is 12.6 Å². The van der Waals surface area contributed by atoms with Crippen LogP contribution in [0.1, 0.15) is 11.1 Å². The number of nitrogens with zero attached hydrogens (tertiary/aromatic N) is 2. The van der Waals surface area contributed by atoms with Crippen LogP contribution in [0.3, 0.4) is 0 Å². The minimum Gasteiger partial charge on any atom is -0.324 e. The van der Waals surface area contributed by atoms with Gasteiger partial charge < -0.3 is 4.90 Å². The summed E-state index contributed by atoms with van der Waals surface area (Å²) in [5.41, 5.74) is 2.37. The standard InChI is InChI=1S/C18H20N2OS/c21-17-13-19(11-15-7-3-1-4-8-15)14-18(22)20(17)12-16-9-5-2-6-10-16/h1-10,18,22H,11-14H2. The van der Waals surface area contributed by atoms with E-state index in [0.29, 0.717) is 13.1 Å². The van der Waals surface area contributed by atoms with Crippen LogP contribution in [0.5, 0.6) is 0 Å². The number of rotatable bonds is 4. The van der Waals surface area contributed by atoms with Crippen molar-refractivity contribution >= 4 is 18.5 Å². The molecule has 0 aromatic heterocycles. The molecule has 0 bridgehead atoms. The van der Waals surface area contributed by atoms with Crippen molar-refractivity contribution in [2.24, 2.45) is 0 Å². The van der Waals surface area contributed by atoms with E-state index in [2.05, 4.69) is 29.7 Å². The van der Waals surface area contributed by atoms with Gasteiger partial charge in [0.05, 0.1) is 11.9 Å². The molecule has 2 aromatic rings. The summed E-state index contributed by atoms with van der Waals surface area (Å²) in [5.74, 6) is 0.144. The Labute approximate surface area is 137 Å². The highest BCUT2D eigenvalue weighted by atomic mass is 32.1. The van der Waals surface area contributed by atoms with Crippen LogP contribution in [-0.2, 0) is 17.9 Å². The van der Waals surface area contributed by atoms with E-state index in [-0.39, 0.29) is 11.3 Å². The minimum absolute atomic E-state index is 0.0647. The number of hydrogen-bond donors (Lipinski definition) is 1. The first-order valence-electron chi connectivity index (χ1n) is 7.50. The van der Waals surface area contributed by atoms with Gasteiger partial charge in [0.15, 0.2) is 0 Å². The van der Waals surface area contributed by atoms with Crippen LogP contribution in [0.15, 0.2) is 60.7 Å². The first kappa shape index (κ1) is 15.1. The molecule has 0 N–H and O–H groups in total. The van der Waals surface area contributed by atoms with Gasteiger partial charge in [-0.05, 0) is 11.1 Å². The third kappa shape index (κ3) is 3.70. The van der Waals surface area contributed by atoms with E-state index in [1.807, 2.05) is 53.4 Å². The van der Waals surface area contributed by atoms with E-state index in [1.54, 1.807) is 0 Å². The van der Waals surface area contributed by atoms with E-state index in [1.165, 1.54) is 5.56 Å². The highest BCUT2D eigenvalue weighted by Crippen LogP contribution is 2.19. The molecule has 1 heterocycles. The summed E-state index contributed by atoms with van der Waals surface area (Å²) < 4.78 is 0. The summed E-state index contributed by atoms with van der Waals surface area (Å²) in [6.45, 7) is 2.67. The molecule has 2 aromatic carbocycles. The summed E-state index contributed by atoms with van der Waals surface area (Å²) in [5, 5.41) is -0.0647. The fourth-order valence-corrected chi connectivity index (χ4v) is 3.22. The van der Waals surface area contributed by atoms with Crippen LogP contribution in [0.2, 0.25) is 0 Å². The number of benzene rings is 2. The van der Waals surface area contributed by atoms with Crippen molar-refractivity contribution in [1.29, 1.82) is 0 Å². The van der Waals surface area contributed by atoms with Crippen LogP contribution in [0, 0.1) is 0 Å². The molecule has 1 amide bonds. The van der Waals surface area contributed by atoms with Crippen LogP contribution < -0.4 is 0 Å². The second-order valence-electron chi connectivity index (χ2n) is 5.64. The Kier molecular flexibility index (Phi) is 4.80. The summed E-state index contributed by atoms with van der Waals surface area (Å²) in [6, 6.07) is 20.3. The van der Waals surface area contributed by atoms with Crippen molar-refractivity contribution in [2.45, 2.75) is 18.5 Å². The summed E-state index contributed by atoms with van der Waals surface area (Å²) in [7, 11) is 0. The summed E-state index contributed by atoms with van der Waals surface area (Å²) in [4.78, 5) is 16.5. The number of amides is 1. The Balaban J connectivity index is 1.63. The van der Waals surface area contributed by atoms with Gasteiger partial charge in [-0.3, -0.25) is 9.69 Å². The highest BCUT2D eigenvalue weighted by Gasteiger charge is 2.30. The summed E-state index contributed by atoms with van der Waals surface area (Å²) >= 11 is 4.64. The van der Waals surface area contributed by atoms with Gasteiger partial charge in [0.1, 0.15) is 0 Å². The molecule has 0 saturated carbocycles. The molecule has 1 fully saturated rings. The Morgan fingerprint density at radius 2 is 1.45 bits per heavy atom. The topological polar surface area (TPSA) is 23.6 Å². The molecule has 3 rings (SSSR count). The molecular weight excluding hydrogens is 292 g/mol. The van der Waals surface area contributed by atoms with Gasteiger partial charge in [-0.1, -0.05) is 60.7 Å². The lowest BCUT2D eigenvalue weighted by Gasteiger charge is -2.39. The zero-order chi connectivity index (χ0) is 15.4. The molecule has 1 atom stereocenters. The normalized spacial score (nSPS) is 19.4. The molecule has 1 unspecified atom stereocenters. The molecule has 1 aliphatic rings. The average molecular weight is 312 g/mol. The van der Waals surface area contributed by atoms with Crippen molar-refractivity contribution < 1.29 is 4.79 Å². The van der Waals surface area contributed by atoms with E-state index in [4.69, 9.17) is 0 Å². The van der Waals surface area contributed by atoms with Gasteiger partial charge in [0.25, 0.3) is 0 Å². The van der Waals surface area contributed by atoms with Gasteiger partial charge >= 0.3 is 0 Å². The molecule has 1 saturated heterocycles. The molecule has 3 nitrogen and oxygen atoms in total. The monoisotopic (exact) mass is 312 g/mol. The molecule has 22 heavy (non-hydrogen) atoms. The van der Waals surface area contributed by atoms with Crippen molar-refractivity contribution in [2.75, 3.05) is 13.1 Å². The van der Waals surface area contributed by atoms with E-state index >= 15 is 0 Å². The first-order valence-corrected chi connectivity index (χ1v) is 8.02. The van der Waals surface area contributed by atoms with Crippen LogP contribution in [0.25, 0.3) is 0 Å². The second-order valence-corrected chi connectivity index (χ2v) is 6.24. The van der Waals surface area contributed by atoms with Crippen molar-refractivity contribution in [3.8, 4) is 0 Å². The SMILES string of the molecule is O=C1CN(Cc2ccccc2)CC(S)N1Cc1ccccc1. The molecule has 4 heteroatoms. The fourth-order valence-electron chi connectivity index (χ4n) is 2.78. The predicted molar refractivity (Wildman–Crippen MR) is 91.5 cm³/mol. The highest BCUT2D eigenvalue weighted by molar-refractivity contribution is 7.80. The van der Waals surface area contributed by atoms with Gasteiger partial charge in [-0.15, -0.1) is 0 Å². The smallest absolute Gasteiger partial charge is 0.237 e.